The monoisotopic (exact) mass is 205 g/mol. The minimum atomic E-state index is -0.0631. The Labute approximate surface area is 88.5 Å². The molecular weight excluding hydrogens is 190 g/mol. The molecule has 0 saturated carbocycles. The quantitative estimate of drug-likeness (QED) is 0.702. The molecule has 2 aromatic rings. The van der Waals surface area contributed by atoms with E-state index in [1.54, 1.807) is 12.1 Å². The second-order valence-electron chi connectivity index (χ2n) is 4.62. The highest BCUT2D eigenvalue weighted by molar-refractivity contribution is 5.78. The van der Waals surface area contributed by atoms with Gasteiger partial charge in [-0.05, 0) is 39.0 Å². The van der Waals surface area contributed by atoms with E-state index >= 15 is 0 Å². The van der Waals surface area contributed by atoms with E-state index in [4.69, 9.17) is 10.2 Å². The van der Waals surface area contributed by atoms with Crippen LogP contribution in [0.1, 0.15) is 20.8 Å². The molecule has 2 rings (SSSR count). The van der Waals surface area contributed by atoms with Crippen molar-refractivity contribution >= 4 is 22.8 Å². The van der Waals surface area contributed by atoms with Crippen LogP contribution < -0.4 is 11.1 Å². The molecule has 0 aliphatic carbocycles. The summed E-state index contributed by atoms with van der Waals surface area (Å²) in [5.41, 5.74) is 7.81. The van der Waals surface area contributed by atoms with Crippen molar-refractivity contribution in [1.29, 1.82) is 0 Å². The molecule has 0 aliphatic heterocycles. The molecule has 80 valence electrons. The molecule has 3 N–H and O–H groups in total. The van der Waals surface area contributed by atoms with E-state index in [2.05, 4.69) is 31.1 Å². The molecule has 1 heterocycles. The van der Waals surface area contributed by atoms with E-state index < -0.39 is 0 Å². The van der Waals surface area contributed by atoms with Gasteiger partial charge in [-0.3, -0.25) is 0 Å². The molecule has 15 heavy (non-hydrogen) atoms. The number of nitrogen functional groups attached to an aromatic ring is 1. The lowest BCUT2D eigenvalue weighted by atomic mass is 10.1. The zero-order valence-electron chi connectivity index (χ0n) is 9.16. The lowest BCUT2D eigenvalue weighted by Gasteiger charge is -2.18. The summed E-state index contributed by atoms with van der Waals surface area (Å²) in [5, 5.41) is 3.17. The van der Waals surface area contributed by atoms with Crippen LogP contribution in [-0.2, 0) is 0 Å². The van der Waals surface area contributed by atoms with Gasteiger partial charge in [-0.25, -0.2) is 0 Å². The van der Waals surface area contributed by atoms with Crippen molar-refractivity contribution < 1.29 is 4.42 Å². The van der Waals surface area contributed by atoms with E-state index in [9.17, 15) is 0 Å². The van der Waals surface area contributed by atoms with Gasteiger partial charge in [-0.15, -0.1) is 0 Å². The van der Waals surface area contributed by atoms with Gasteiger partial charge in [0.15, 0.2) is 5.58 Å². The Morgan fingerprint density at radius 2 is 2.07 bits per heavy atom. The number of fused-ring (bicyclic) bond motifs is 1. The lowest BCUT2D eigenvalue weighted by molar-refractivity contribution is 0.555. The van der Waals surface area contributed by atoms with Crippen molar-refractivity contribution in [2.75, 3.05) is 11.1 Å². The predicted molar refractivity (Wildman–Crippen MR) is 61.8 cm³/mol. The maximum atomic E-state index is 5.66. The van der Waals surface area contributed by atoms with Crippen LogP contribution in [-0.4, -0.2) is 10.5 Å². The molecule has 0 atom stereocenters. The number of hydrogen-bond acceptors (Lipinski definition) is 4. The van der Waals surface area contributed by atoms with Gasteiger partial charge in [0.1, 0.15) is 5.52 Å². The van der Waals surface area contributed by atoms with E-state index in [-0.39, 0.29) is 5.54 Å². The summed E-state index contributed by atoms with van der Waals surface area (Å²) in [4.78, 5) is 4.30. The number of aromatic nitrogens is 1. The molecule has 1 aromatic heterocycles. The molecule has 0 fully saturated rings. The third-order valence-electron chi connectivity index (χ3n) is 1.89. The molecule has 0 aliphatic rings. The number of rotatable bonds is 1. The SMILES string of the molecule is CC(C)(C)Nc1nc2cc(N)ccc2o1. The fourth-order valence-electron chi connectivity index (χ4n) is 1.32. The summed E-state index contributed by atoms with van der Waals surface area (Å²) in [6.07, 6.45) is 0. The van der Waals surface area contributed by atoms with Crippen LogP contribution in [0.2, 0.25) is 0 Å². The normalized spacial score (nSPS) is 11.9. The Morgan fingerprint density at radius 3 is 2.73 bits per heavy atom. The number of nitrogens with zero attached hydrogens (tertiary/aromatic N) is 1. The smallest absolute Gasteiger partial charge is 0.296 e. The maximum Gasteiger partial charge on any atom is 0.296 e. The van der Waals surface area contributed by atoms with Gasteiger partial charge in [0.25, 0.3) is 6.01 Å². The van der Waals surface area contributed by atoms with Gasteiger partial charge >= 0.3 is 0 Å². The average Bonchev–Trinajstić information content (AvgIpc) is 2.42. The second-order valence-corrected chi connectivity index (χ2v) is 4.62. The Kier molecular flexibility index (Phi) is 2.07. The molecular formula is C11H15N3O. The van der Waals surface area contributed by atoms with Crippen LogP contribution in [0, 0.1) is 0 Å². The second kappa shape index (κ2) is 3.15. The Bertz CT molecular complexity index is 482. The van der Waals surface area contributed by atoms with Crippen LogP contribution >= 0.6 is 0 Å². The van der Waals surface area contributed by atoms with Gasteiger partial charge in [-0.1, -0.05) is 0 Å². The van der Waals surface area contributed by atoms with E-state index in [1.807, 2.05) is 6.07 Å². The summed E-state index contributed by atoms with van der Waals surface area (Å²) < 4.78 is 5.52. The van der Waals surface area contributed by atoms with Crippen LogP contribution in [0.15, 0.2) is 22.6 Å². The van der Waals surface area contributed by atoms with Crippen LogP contribution in [0.3, 0.4) is 0 Å². The van der Waals surface area contributed by atoms with Crippen molar-refractivity contribution in [2.24, 2.45) is 0 Å². The Balaban J connectivity index is 2.39. The van der Waals surface area contributed by atoms with Crippen LogP contribution in [0.5, 0.6) is 0 Å². The average molecular weight is 205 g/mol. The first-order valence-corrected chi connectivity index (χ1v) is 4.88. The van der Waals surface area contributed by atoms with Crippen LogP contribution in [0.4, 0.5) is 11.7 Å². The van der Waals surface area contributed by atoms with Gasteiger partial charge in [-0.2, -0.15) is 4.98 Å². The number of anilines is 2. The van der Waals surface area contributed by atoms with Gasteiger partial charge in [0, 0.05) is 11.2 Å². The number of hydrogen-bond donors (Lipinski definition) is 2. The highest BCUT2D eigenvalue weighted by Crippen LogP contribution is 2.22. The number of oxazole rings is 1. The third kappa shape index (κ3) is 2.21. The number of benzene rings is 1. The maximum absolute atomic E-state index is 5.66. The topological polar surface area (TPSA) is 64.1 Å². The molecule has 0 saturated heterocycles. The van der Waals surface area contributed by atoms with Crippen LogP contribution in [0.25, 0.3) is 11.1 Å². The third-order valence-corrected chi connectivity index (χ3v) is 1.89. The molecule has 0 spiro atoms. The first-order chi connectivity index (χ1) is 6.94. The molecule has 4 heteroatoms. The van der Waals surface area contributed by atoms with Crippen molar-refractivity contribution in [1.82, 2.24) is 4.98 Å². The zero-order valence-corrected chi connectivity index (χ0v) is 9.16. The molecule has 0 amide bonds. The van der Waals surface area contributed by atoms with Gasteiger partial charge < -0.3 is 15.5 Å². The Hall–Kier alpha value is -1.71. The largest absolute Gasteiger partial charge is 0.424 e. The minimum Gasteiger partial charge on any atom is -0.424 e. The Morgan fingerprint density at radius 1 is 1.33 bits per heavy atom. The summed E-state index contributed by atoms with van der Waals surface area (Å²) in [6.45, 7) is 6.16. The molecule has 0 unspecified atom stereocenters. The summed E-state index contributed by atoms with van der Waals surface area (Å²) >= 11 is 0. The predicted octanol–water partition coefficient (Wildman–Crippen LogP) is 2.62. The standard InChI is InChI=1S/C11H15N3O/c1-11(2,3)14-10-13-8-6-7(12)4-5-9(8)15-10/h4-6H,12H2,1-3H3,(H,13,14). The lowest BCUT2D eigenvalue weighted by Crippen LogP contribution is -2.26. The van der Waals surface area contributed by atoms with Crippen molar-refractivity contribution in [3.05, 3.63) is 18.2 Å². The van der Waals surface area contributed by atoms with Crippen molar-refractivity contribution in [3.63, 3.8) is 0 Å². The first-order valence-electron chi connectivity index (χ1n) is 4.88. The van der Waals surface area contributed by atoms with Gasteiger partial charge in [0.2, 0.25) is 0 Å². The molecule has 4 nitrogen and oxygen atoms in total. The van der Waals surface area contributed by atoms with E-state index in [0.29, 0.717) is 11.7 Å². The highest BCUT2D eigenvalue weighted by Gasteiger charge is 2.13. The van der Waals surface area contributed by atoms with E-state index in [0.717, 1.165) is 11.1 Å². The molecule has 1 aromatic carbocycles. The highest BCUT2D eigenvalue weighted by atomic mass is 16.4. The number of nitrogens with one attached hydrogen (secondary N) is 1. The van der Waals surface area contributed by atoms with E-state index in [1.165, 1.54) is 0 Å². The fraction of sp³-hybridized carbons (Fsp3) is 0.364. The van der Waals surface area contributed by atoms with Crippen molar-refractivity contribution in [3.8, 4) is 0 Å². The minimum absolute atomic E-state index is 0.0631. The summed E-state index contributed by atoms with van der Waals surface area (Å²) in [7, 11) is 0. The molecule has 0 radical (unpaired) electrons. The van der Waals surface area contributed by atoms with Crippen molar-refractivity contribution in [2.45, 2.75) is 26.3 Å². The summed E-state index contributed by atoms with van der Waals surface area (Å²) in [5.74, 6) is 0. The molecule has 0 bridgehead atoms. The van der Waals surface area contributed by atoms with Gasteiger partial charge in [0.05, 0.1) is 0 Å². The first kappa shape index (κ1) is 9.83. The number of nitrogens with two attached hydrogens (primary N) is 1. The fourth-order valence-corrected chi connectivity index (χ4v) is 1.32. The summed E-state index contributed by atoms with van der Waals surface area (Å²) in [6, 6.07) is 5.95. The zero-order chi connectivity index (χ0) is 11.1.